The lowest BCUT2D eigenvalue weighted by Gasteiger charge is -2.23. The van der Waals surface area contributed by atoms with Crippen LogP contribution in [0.5, 0.6) is 0 Å². The molecule has 554 valence electrons. The van der Waals surface area contributed by atoms with Crippen molar-refractivity contribution in [2.75, 3.05) is 60.3 Å². The molecular formula is C81H81Cl2F12N3O6. The number of aliphatic hydroxyl groups is 2. The van der Waals surface area contributed by atoms with E-state index in [9.17, 15) is 57.5 Å². The fraction of sp³-hybridized carbons (Fsp3) is 0.296. The average Bonchev–Trinajstić information content (AvgIpc) is 0.809. The summed E-state index contributed by atoms with van der Waals surface area (Å²) in [7, 11) is 3.08. The Morgan fingerprint density at radius 1 is 0.452 bits per heavy atom. The highest BCUT2D eigenvalue weighted by Crippen LogP contribution is 2.42. The molecule has 0 aliphatic rings. The number of hydrogen-bond donors (Lipinski definition) is 4. The second-order valence-electron chi connectivity index (χ2n) is 24.6. The Morgan fingerprint density at radius 2 is 0.788 bits per heavy atom. The van der Waals surface area contributed by atoms with Crippen molar-refractivity contribution in [3.05, 3.63) is 256 Å². The standard InChI is InChI=1S/C42H43ClF6N2O4.C39H38ClF6NO2/c1-27(2)55-40(53)51(20-22-54-4)26-30-12-18-38(42(47,48)49)34(24-30)16-14-32-8-6-10-36(39(32)43)35-9-5-7-31(28(35)3)13-15-33-23-29(25-50-19-21-52)11-17-37(33)41(44,45)46;1-26-29(14-16-32-24-28(25-47-20-21-48)13-19-36(32)39(44,45)46)8-5-10-33(26)34-11-6-9-30(37(34)40)15-17-31-23-27(7-3-4-22-49-2)12-18-35(31)38(41,42)43/h5-18,23-24,27,50,52H,19-22,25-26H2,1-4H3;5-6,8-19,23-24,47-48H,3-4,7,20-22,25H2,1-2H3/b15-13+,16-14+;16-14+,17-15+. The minimum Gasteiger partial charge on any atom is -0.447 e. The fourth-order valence-corrected chi connectivity index (χ4v) is 12.0. The molecule has 0 bridgehead atoms. The van der Waals surface area contributed by atoms with Crippen LogP contribution < -0.4 is 10.6 Å². The third kappa shape index (κ3) is 23.8. The molecule has 0 fully saturated rings. The number of methoxy groups -OCH3 is 2. The molecule has 8 aromatic carbocycles. The van der Waals surface area contributed by atoms with Crippen molar-refractivity contribution < 1.29 is 81.9 Å². The zero-order chi connectivity index (χ0) is 75.9. The van der Waals surface area contributed by atoms with Crippen LogP contribution in [0, 0.1) is 13.8 Å². The number of amides is 1. The molecular weight excluding hydrogens is 1410 g/mol. The summed E-state index contributed by atoms with van der Waals surface area (Å²) in [6.07, 6.45) is -5.33. The van der Waals surface area contributed by atoms with Gasteiger partial charge < -0.3 is 40.0 Å². The van der Waals surface area contributed by atoms with E-state index in [-0.39, 0.29) is 66.7 Å². The first-order chi connectivity index (χ1) is 49.4. The zero-order valence-corrected chi connectivity index (χ0v) is 59.5. The van der Waals surface area contributed by atoms with Gasteiger partial charge in [0.25, 0.3) is 0 Å². The van der Waals surface area contributed by atoms with Gasteiger partial charge in [-0.15, -0.1) is 0 Å². The average molecular weight is 1490 g/mol. The third-order valence-corrected chi connectivity index (χ3v) is 17.5. The first-order valence-electron chi connectivity index (χ1n) is 33.2. The lowest BCUT2D eigenvalue weighted by molar-refractivity contribution is -0.138. The molecule has 0 unspecified atom stereocenters. The van der Waals surface area contributed by atoms with E-state index in [1.807, 2.05) is 19.9 Å². The molecule has 9 nitrogen and oxygen atoms in total. The van der Waals surface area contributed by atoms with Gasteiger partial charge in [-0.3, -0.25) is 0 Å². The summed E-state index contributed by atoms with van der Waals surface area (Å²) in [4.78, 5) is 14.1. The first kappa shape index (κ1) is 82.8. The number of nitrogens with zero attached hydrogens (tertiary/aromatic N) is 1. The SMILES string of the molecule is COCCCCc1ccc(C(F)(F)F)c(/C=C/c2cccc(-c3cccc(/C=C/c4cc(CNCCO)ccc4C(F)(F)F)c3C)c2Cl)c1.COCCN(Cc1ccc(C(F)(F)F)c(/C=C/c2cccc(-c3cccc(/C=C/c4cc(CNCCO)ccc4C(F)(F)F)c3C)c2Cl)c1)C(=O)OC(C)C. The van der Waals surface area contributed by atoms with Gasteiger partial charge in [0.05, 0.1) is 58.2 Å². The van der Waals surface area contributed by atoms with Gasteiger partial charge in [-0.25, -0.2) is 4.79 Å². The van der Waals surface area contributed by atoms with Crippen molar-refractivity contribution in [1.82, 2.24) is 15.5 Å². The highest BCUT2D eigenvalue weighted by Gasteiger charge is 2.36. The van der Waals surface area contributed by atoms with Gasteiger partial charge in [0.1, 0.15) is 0 Å². The second kappa shape index (κ2) is 38.5. The van der Waals surface area contributed by atoms with Gasteiger partial charge in [0.2, 0.25) is 0 Å². The molecule has 104 heavy (non-hydrogen) atoms. The number of benzene rings is 8. The highest BCUT2D eigenvalue weighted by molar-refractivity contribution is 6.35. The van der Waals surface area contributed by atoms with E-state index in [1.165, 1.54) is 84.9 Å². The molecule has 0 aliphatic carbocycles. The number of ether oxygens (including phenoxy) is 3. The summed E-state index contributed by atoms with van der Waals surface area (Å²) >= 11 is 13.8. The number of alkyl halides is 12. The first-order valence-corrected chi connectivity index (χ1v) is 34.0. The number of nitrogens with one attached hydrogen (secondary N) is 2. The van der Waals surface area contributed by atoms with Gasteiger partial charge in [-0.05, 0) is 178 Å². The monoisotopic (exact) mass is 1490 g/mol. The van der Waals surface area contributed by atoms with Crippen molar-refractivity contribution >= 4 is 77.9 Å². The van der Waals surface area contributed by atoms with Gasteiger partial charge >= 0.3 is 30.8 Å². The van der Waals surface area contributed by atoms with Crippen LogP contribution in [0.25, 0.3) is 70.9 Å². The predicted octanol–water partition coefficient (Wildman–Crippen LogP) is 21.5. The van der Waals surface area contributed by atoms with Crippen LogP contribution >= 0.6 is 23.2 Å². The molecule has 0 aromatic heterocycles. The fourth-order valence-electron chi connectivity index (χ4n) is 11.4. The van der Waals surface area contributed by atoms with E-state index in [0.29, 0.717) is 93.3 Å². The highest BCUT2D eigenvalue weighted by atomic mass is 35.5. The lowest BCUT2D eigenvalue weighted by atomic mass is 9.94. The summed E-state index contributed by atoms with van der Waals surface area (Å²) in [6, 6.07) is 36.7. The Morgan fingerprint density at radius 3 is 1.16 bits per heavy atom. The maximum Gasteiger partial charge on any atom is 0.416 e. The van der Waals surface area contributed by atoms with E-state index >= 15 is 0 Å². The number of aryl methyl sites for hydroxylation is 1. The van der Waals surface area contributed by atoms with E-state index in [4.69, 9.17) is 47.6 Å². The smallest absolute Gasteiger partial charge is 0.416 e. The summed E-state index contributed by atoms with van der Waals surface area (Å²) in [5, 5.41) is 24.6. The second-order valence-corrected chi connectivity index (χ2v) is 25.3. The molecule has 0 radical (unpaired) electrons. The van der Waals surface area contributed by atoms with Crippen LogP contribution in [0.4, 0.5) is 57.5 Å². The van der Waals surface area contributed by atoms with Gasteiger partial charge in [-0.1, -0.05) is 175 Å². The maximum atomic E-state index is 14.2. The summed E-state index contributed by atoms with van der Waals surface area (Å²) in [5.41, 5.74) is 5.55. The van der Waals surface area contributed by atoms with Crippen molar-refractivity contribution in [2.45, 2.75) is 97.4 Å². The molecule has 0 heterocycles. The molecule has 0 aliphatic heterocycles. The van der Waals surface area contributed by atoms with E-state index in [1.54, 1.807) is 112 Å². The Kier molecular flexibility index (Phi) is 30.6. The quantitative estimate of drug-likeness (QED) is 0.0208. The molecule has 0 atom stereocenters. The summed E-state index contributed by atoms with van der Waals surface area (Å²) in [6.45, 7) is 8.97. The number of rotatable bonds is 29. The molecule has 23 heteroatoms. The van der Waals surface area contributed by atoms with Gasteiger partial charge in [-0.2, -0.15) is 52.7 Å². The number of aliphatic hydroxyl groups excluding tert-OH is 2. The van der Waals surface area contributed by atoms with Crippen molar-refractivity contribution in [3.63, 3.8) is 0 Å². The van der Waals surface area contributed by atoms with Crippen LogP contribution in [-0.2, 0) is 65.0 Å². The molecule has 4 N–H and O–H groups in total. The number of carbonyl (C=O) groups is 1. The number of unbranched alkanes of at least 4 members (excludes halogenated alkanes) is 1. The predicted molar refractivity (Wildman–Crippen MR) is 391 cm³/mol. The normalized spacial score (nSPS) is 12.4. The van der Waals surface area contributed by atoms with Gasteiger partial charge in [0.15, 0.2) is 0 Å². The van der Waals surface area contributed by atoms with Crippen LogP contribution in [-0.4, -0.2) is 87.6 Å². The summed E-state index contributed by atoms with van der Waals surface area (Å²) in [5.74, 6) is 0. The zero-order valence-electron chi connectivity index (χ0n) is 58.0. The lowest BCUT2D eigenvalue weighted by Crippen LogP contribution is -2.35. The van der Waals surface area contributed by atoms with Crippen molar-refractivity contribution in [1.29, 1.82) is 0 Å². The molecule has 0 saturated carbocycles. The largest absolute Gasteiger partial charge is 0.447 e. The third-order valence-electron chi connectivity index (χ3n) is 16.7. The van der Waals surface area contributed by atoms with Crippen LogP contribution in [0.2, 0.25) is 10.0 Å². The Hall–Kier alpha value is -8.51. The van der Waals surface area contributed by atoms with E-state index in [2.05, 4.69) is 10.6 Å². The van der Waals surface area contributed by atoms with Crippen LogP contribution in [0.3, 0.4) is 0 Å². The van der Waals surface area contributed by atoms with Crippen molar-refractivity contribution in [2.24, 2.45) is 0 Å². The van der Waals surface area contributed by atoms with Crippen molar-refractivity contribution in [3.8, 4) is 22.3 Å². The Bertz CT molecular complexity index is 4310. The Labute approximate surface area is 608 Å². The molecule has 1 amide bonds. The minimum atomic E-state index is -4.67. The van der Waals surface area contributed by atoms with Gasteiger partial charge in [0, 0.05) is 71.2 Å². The maximum absolute atomic E-state index is 14.2. The Balaban J connectivity index is 0.000000293. The van der Waals surface area contributed by atoms with E-state index in [0.717, 1.165) is 59.4 Å². The van der Waals surface area contributed by atoms with E-state index < -0.39 is 59.2 Å². The topological polar surface area (TPSA) is 113 Å². The molecule has 8 aromatic rings. The number of hydrogen-bond acceptors (Lipinski definition) is 8. The summed E-state index contributed by atoms with van der Waals surface area (Å²) < 4.78 is 183. The minimum absolute atomic E-state index is 0.00281. The molecule has 0 spiro atoms. The molecule has 8 rings (SSSR count). The molecule has 0 saturated heterocycles. The van der Waals surface area contributed by atoms with Crippen LogP contribution in [0.1, 0.15) is 127 Å². The number of halogens is 14. The van der Waals surface area contributed by atoms with Crippen LogP contribution in [0.15, 0.2) is 146 Å². The number of carbonyl (C=O) groups excluding carboxylic acids is 1.